The van der Waals surface area contributed by atoms with E-state index in [0.717, 1.165) is 12.8 Å². The van der Waals surface area contributed by atoms with Gasteiger partial charge in [-0.3, -0.25) is 4.79 Å². The van der Waals surface area contributed by atoms with Crippen LogP contribution >= 0.6 is 0 Å². The van der Waals surface area contributed by atoms with Crippen LogP contribution < -0.4 is 10.1 Å². The number of nitrogens with one attached hydrogen (secondary N) is 1. The third kappa shape index (κ3) is 4.00. The van der Waals surface area contributed by atoms with Crippen molar-refractivity contribution < 1.29 is 9.53 Å². The number of nitrogens with zero attached hydrogens (tertiary/aromatic N) is 1. The molecule has 4 atom stereocenters. The van der Waals surface area contributed by atoms with E-state index in [1.807, 2.05) is 0 Å². The molecule has 0 saturated heterocycles. The molecule has 118 valence electrons. The lowest BCUT2D eigenvalue weighted by Crippen LogP contribution is -2.48. The number of amides is 1. The molecule has 0 unspecified atom stereocenters. The smallest absolute Gasteiger partial charge is 0.261 e. The molecular formula is C18H24N2O2. The maximum absolute atomic E-state index is 12.3. The van der Waals surface area contributed by atoms with Crippen LogP contribution in [-0.4, -0.2) is 18.1 Å². The van der Waals surface area contributed by atoms with Gasteiger partial charge in [0.1, 0.15) is 5.75 Å². The van der Waals surface area contributed by atoms with Crippen LogP contribution in [0, 0.1) is 23.2 Å². The van der Waals surface area contributed by atoms with Gasteiger partial charge in [-0.2, -0.15) is 5.26 Å². The Bertz CT molecular complexity index is 564. The third-order valence-electron chi connectivity index (χ3n) is 4.68. The fourth-order valence-electron chi connectivity index (χ4n) is 2.98. The molecule has 1 aliphatic carbocycles. The highest BCUT2D eigenvalue weighted by atomic mass is 16.5. The largest absolute Gasteiger partial charge is 0.481 e. The van der Waals surface area contributed by atoms with Crippen molar-refractivity contribution in [2.75, 3.05) is 0 Å². The Morgan fingerprint density at radius 3 is 2.91 bits per heavy atom. The summed E-state index contributed by atoms with van der Waals surface area (Å²) >= 11 is 0. The zero-order chi connectivity index (χ0) is 16.1. The Morgan fingerprint density at radius 1 is 1.41 bits per heavy atom. The van der Waals surface area contributed by atoms with Crippen molar-refractivity contribution in [2.45, 2.75) is 52.2 Å². The minimum atomic E-state index is -0.571. The molecule has 4 heteroatoms. The van der Waals surface area contributed by atoms with E-state index < -0.39 is 6.10 Å². The predicted octanol–water partition coefficient (Wildman–Crippen LogP) is 3.27. The Labute approximate surface area is 132 Å². The number of hydrogen-bond donors (Lipinski definition) is 1. The second-order valence-corrected chi connectivity index (χ2v) is 6.28. The van der Waals surface area contributed by atoms with E-state index in [0.29, 0.717) is 23.1 Å². The maximum atomic E-state index is 12.3. The molecule has 0 radical (unpaired) electrons. The molecule has 1 aliphatic rings. The van der Waals surface area contributed by atoms with Crippen LogP contribution in [-0.2, 0) is 4.79 Å². The van der Waals surface area contributed by atoms with Crippen LogP contribution in [0.25, 0.3) is 0 Å². The summed E-state index contributed by atoms with van der Waals surface area (Å²) in [5.74, 6) is 1.59. The van der Waals surface area contributed by atoms with Crippen LogP contribution in [0.2, 0.25) is 0 Å². The molecule has 1 N–H and O–H groups in total. The topological polar surface area (TPSA) is 62.1 Å². The molecule has 1 fully saturated rings. The number of nitriles is 1. The number of carbonyl (C=O) groups excluding carboxylic acids is 1. The van der Waals surface area contributed by atoms with E-state index in [1.54, 1.807) is 31.2 Å². The van der Waals surface area contributed by atoms with Gasteiger partial charge in [0, 0.05) is 6.04 Å². The van der Waals surface area contributed by atoms with Crippen LogP contribution in [0.1, 0.15) is 45.6 Å². The first-order valence-corrected chi connectivity index (χ1v) is 7.98. The number of ether oxygens (including phenoxy) is 1. The molecule has 1 amide bonds. The first kappa shape index (κ1) is 16.4. The summed E-state index contributed by atoms with van der Waals surface area (Å²) in [6.45, 7) is 6.19. The molecule has 1 aromatic rings. The minimum Gasteiger partial charge on any atom is -0.481 e. The summed E-state index contributed by atoms with van der Waals surface area (Å²) in [6.07, 6.45) is 2.86. The van der Waals surface area contributed by atoms with Crippen molar-refractivity contribution in [3.05, 3.63) is 29.8 Å². The highest BCUT2D eigenvalue weighted by Crippen LogP contribution is 2.29. The van der Waals surface area contributed by atoms with Crippen molar-refractivity contribution in [1.29, 1.82) is 5.26 Å². The Morgan fingerprint density at radius 2 is 2.18 bits per heavy atom. The van der Waals surface area contributed by atoms with Gasteiger partial charge in [0.15, 0.2) is 6.10 Å². The molecule has 22 heavy (non-hydrogen) atoms. The van der Waals surface area contributed by atoms with Crippen LogP contribution in [0.3, 0.4) is 0 Å². The fourth-order valence-corrected chi connectivity index (χ4v) is 2.98. The van der Waals surface area contributed by atoms with Gasteiger partial charge in [0.2, 0.25) is 0 Å². The number of carbonyl (C=O) groups is 1. The summed E-state index contributed by atoms with van der Waals surface area (Å²) in [6, 6.07) is 9.17. The fraction of sp³-hybridized carbons (Fsp3) is 0.556. The second kappa shape index (κ2) is 7.31. The molecule has 1 aromatic carbocycles. The first-order valence-electron chi connectivity index (χ1n) is 7.98. The minimum absolute atomic E-state index is 0.0895. The summed E-state index contributed by atoms with van der Waals surface area (Å²) in [4.78, 5) is 12.3. The number of rotatable bonds is 4. The van der Waals surface area contributed by atoms with E-state index in [1.165, 1.54) is 6.42 Å². The lowest BCUT2D eigenvalue weighted by molar-refractivity contribution is -0.128. The molecule has 1 saturated carbocycles. The van der Waals surface area contributed by atoms with E-state index in [9.17, 15) is 4.79 Å². The third-order valence-corrected chi connectivity index (χ3v) is 4.68. The zero-order valence-corrected chi connectivity index (χ0v) is 13.5. The summed E-state index contributed by atoms with van der Waals surface area (Å²) in [7, 11) is 0. The molecule has 0 spiro atoms. The highest BCUT2D eigenvalue weighted by molar-refractivity contribution is 5.81. The normalized spacial score (nSPS) is 25.8. The van der Waals surface area contributed by atoms with Crippen LogP contribution in [0.4, 0.5) is 0 Å². The van der Waals surface area contributed by atoms with E-state index in [4.69, 9.17) is 10.00 Å². The maximum Gasteiger partial charge on any atom is 0.261 e. The van der Waals surface area contributed by atoms with Crippen LogP contribution in [0.15, 0.2) is 24.3 Å². The van der Waals surface area contributed by atoms with Gasteiger partial charge >= 0.3 is 0 Å². The number of hydrogen-bond acceptors (Lipinski definition) is 3. The number of benzene rings is 1. The lowest BCUT2D eigenvalue weighted by atomic mass is 9.78. The summed E-state index contributed by atoms with van der Waals surface area (Å²) < 4.78 is 5.66. The lowest BCUT2D eigenvalue weighted by Gasteiger charge is -2.35. The van der Waals surface area contributed by atoms with Gasteiger partial charge in [-0.05, 0) is 43.4 Å². The van der Waals surface area contributed by atoms with E-state index in [-0.39, 0.29) is 11.9 Å². The van der Waals surface area contributed by atoms with Gasteiger partial charge in [-0.25, -0.2) is 0 Å². The van der Waals surface area contributed by atoms with Crippen molar-refractivity contribution in [3.63, 3.8) is 0 Å². The average molecular weight is 300 g/mol. The SMILES string of the molecule is C[C@@H]1[C@H](C)CCC[C@H]1NC(=O)[C@@H](C)Oc1cccc(C#N)c1. The van der Waals surface area contributed by atoms with Crippen molar-refractivity contribution in [2.24, 2.45) is 11.8 Å². The first-order chi connectivity index (χ1) is 10.5. The molecular weight excluding hydrogens is 276 g/mol. The average Bonchev–Trinajstić information content (AvgIpc) is 2.52. The van der Waals surface area contributed by atoms with Crippen LogP contribution in [0.5, 0.6) is 5.75 Å². The molecule has 4 nitrogen and oxygen atoms in total. The summed E-state index contributed by atoms with van der Waals surface area (Å²) in [5.41, 5.74) is 0.528. The van der Waals surface area contributed by atoms with Crippen molar-refractivity contribution in [3.8, 4) is 11.8 Å². The van der Waals surface area contributed by atoms with Gasteiger partial charge < -0.3 is 10.1 Å². The molecule has 2 rings (SSSR count). The van der Waals surface area contributed by atoms with Crippen molar-refractivity contribution >= 4 is 5.91 Å². The zero-order valence-electron chi connectivity index (χ0n) is 13.5. The highest BCUT2D eigenvalue weighted by Gasteiger charge is 2.29. The molecule has 0 aromatic heterocycles. The van der Waals surface area contributed by atoms with Gasteiger partial charge in [-0.15, -0.1) is 0 Å². The quantitative estimate of drug-likeness (QED) is 0.928. The Balaban J connectivity index is 1.93. The summed E-state index contributed by atoms with van der Waals surface area (Å²) in [5, 5.41) is 12.0. The Kier molecular flexibility index (Phi) is 5.43. The standard InChI is InChI=1S/C18H24N2O2/c1-12-6-4-9-17(13(12)2)20-18(21)14(3)22-16-8-5-7-15(10-16)11-19/h5,7-8,10,12-14,17H,4,6,9H2,1-3H3,(H,20,21)/t12-,13-,14-,17-/m1/s1. The van der Waals surface area contributed by atoms with E-state index in [2.05, 4.69) is 25.2 Å². The predicted molar refractivity (Wildman–Crippen MR) is 85.4 cm³/mol. The van der Waals surface area contributed by atoms with Gasteiger partial charge in [-0.1, -0.05) is 32.8 Å². The molecule has 0 heterocycles. The van der Waals surface area contributed by atoms with Gasteiger partial charge in [0.05, 0.1) is 11.6 Å². The van der Waals surface area contributed by atoms with Crippen molar-refractivity contribution in [1.82, 2.24) is 5.32 Å². The Hall–Kier alpha value is -2.02. The van der Waals surface area contributed by atoms with E-state index >= 15 is 0 Å². The molecule has 0 aliphatic heterocycles. The second-order valence-electron chi connectivity index (χ2n) is 6.28. The van der Waals surface area contributed by atoms with Gasteiger partial charge in [0.25, 0.3) is 5.91 Å². The molecule has 0 bridgehead atoms. The monoisotopic (exact) mass is 300 g/mol.